The molecule has 0 unspecified atom stereocenters. The van der Waals surface area contributed by atoms with Crippen LogP contribution in [0.2, 0.25) is 0 Å². The summed E-state index contributed by atoms with van der Waals surface area (Å²) in [6.45, 7) is 6.11. The van der Waals surface area contributed by atoms with Crippen LogP contribution in [0.15, 0.2) is 17.7 Å². The Balaban J connectivity index is 3.11. The van der Waals surface area contributed by atoms with Crippen molar-refractivity contribution in [2.45, 2.75) is 65.7 Å². The number of carboxylic acid groups (broad SMARTS) is 1. The summed E-state index contributed by atoms with van der Waals surface area (Å²) in [5.41, 5.74) is 1.93. The van der Waals surface area contributed by atoms with E-state index >= 15 is 0 Å². The van der Waals surface area contributed by atoms with Gasteiger partial charge in [-0.15, -0.1) is 0 Å². The number of hydrogen-bond donors (Lipinski definition) is 3. The summed E-state index contributed by atoms with van der Waals surface area (Å²) in [5.74, 6) is -1.44. The zero-order valence-corrected chi connectivity index (χ0v) is 14.4. The fraction of sp³-hybridized carbons (Fsp3) is 0.526. The average Bonchev–Trinajstić information content (AvgIpc) is 2.46. The number of carboxylic acids is 1. The zero-order valence-electron chi connectivity index (χ0n) is 14.4. The SMILES string of the molecule is CC/C=C(/C)CCc1c(O)cc(CCCCC)c(C(=O)O)c1O. The highest BCUT2D eigenvalue weighted by Crippen LogP contribution is 2.36. The fourth-order valence-electron chi connectivity index (χ4n) is 2.77. The van der Waals surface area contributed by atoms with Crippen molar-refractivity contribution in [3.05, 3.63) is 34.4 Å². The number of rotatable bonds is 9. The van der Waals surface area contributed by atoms with Crippen molar-refractivity contribution in [3.8, 4) is 11.5 Å². The molecule has 0 saturated heterocycles. The highest BCUT2D eigenvalue weighted by molar-refractivity contribution is 5.93. The van der Waals surface area contributed by atoms with Crippen LogP contribution in [0.3, 0.4) is 0 Å². The minimum atomic E-state index is -1.14. The molecule has 0 spiro atoms. The van der Waals surface area contributed by atoms with Gasteiger partial charge in [0.15, 0.2) is 0 Å². The summed E-state index contributed by atoms with van der Waals surface area (Å²) >= 11 is 0. The van der Waals surface area contributed by atoms with Crippen molar-refractivity contribution in [3.63, 3.8) is 0 Å². The Hall–Kier alpha value is -1.97. The molecule has 0 radical (unpaired) electrons. The predicted molar refractivity (Wildman–Crippen MR) is 92.3 cm³/mol. The molecule has 3 N–H and O–H groups in total. The van der Waals surface area contributed by atoms with Gasteiger partial charge in [-0.3, -0.25) is 0 Å². The number of aromatic hydroxyl groups is 2. The first-order chi connectivity index (χ1) is 10.9. The van der Waals surface area contributed by atoms with Crippen LogP contribution >= 0.6 is 0 Å². The number of aromatic carboxylic acids is 1. The Morgan fingerprint density at radius 3 is 2.43 bits per heavy atom. The Morgan fingerprint density at radius 1 is 1.17 bits per heavy atom. The maximum Gasteiger partial charge on any atom is 0.339 e. The second kappa shape index (κ2) is 9.23. The smallest absolute Gasteiger partial charge is 0.339 e. The Morgan fingerprint density at radius 2 is 1.87 bits per heavy atom. The van der Waals surface area contributed by atoms with Crippen molar-refractivity contribution in [1.29, 1.82) is 0 Å². The number of carbonyl (C=O) groups is 1. The van der Waals surface area contributed by atoms with Crippen LogP contribution in [0.1, 0.15) is 74.4 Å². The number of phenols is 2. The standard InChI is InChI=1S/C19H28O4/c1-4-6-7-9-14-12-16(20)15(11-10-13(3)8-5-2)18(21)17(14)19(22)23/h8,12,20-21H,4-7,9-11H2,1-3H3,(H,22,23)/b13-8-. The third-order valence-corrected chi connectivity index (χ3v) is 4.05. The number of allylic oxidation sites excluding steroid dienone is 2. The lowest BCUT2D eigenvalue weighted by Crippen LogP contribution is -2.06. The van der Waals surface area contributed by atoms with E-state index in [0.717, 1.165) is 31.3 Å². The lowest BCUT2D eigenvalue weighted by molar-refractivity contribution is 0.0692. The minimum absolute atomic E-state index is 0.0108. The molecule has 1 rings (SSSR count). The molecule has 1 aromatic carbocycles. The maximum atomic E-state index is 11.5. The predicted octanol–water partition coefficient (Wildman–Crippen LogP) is 4.82. The first-order valence-corrected chi connectivity index (χ1v) is 8.37. The molecule has 1 aromatic rings. The summed E-state index contributed by atoms with van der Waals surface area (Å²) in [7, 11) is 0. The lowest BCUT2D eigenvalue weighted by atomic mass is 9.94. The van der Waals surface area contributed by atoms with Crippen LogP contribution in [0, 0.1) is 0 Å². The summed E-state index contributed by atoms with van der Waals surface area (Å²) in [4.78, 5) is 11.5. The largest absolute Gasteiger partial charge is 0.508 e. The molecule has 0 aliphatic rings. The lowest BCUT2D eigenvalue weighted by Gasteiger charge is -2.14. The van der Waals surface area contributed by atoms with Gasteiger partial charge in [0.25, 0.3) is 0 Å². The molecule has 0 fully saturated rings. The molecule has 128 valence electrons. The van der Waals surface area contributed by atoms with E-state index in [1.165, 1.54) is 6.07 Å². The first kappa shape index (κ1) is 19.1. The molecular formula is C19H28O4. The molecule has 0 aliphatic carbocycles. The van der Waals surface area contributed by atoms with Crippen molar-refractivity contribution in [2.24, 2.45) is 0 Å². The molecule has 0 saturated carbocycles. The number of benzene rings is 1. The molecular weight excluding hydrogens is 292 g/mol. The van der Waals surface area contributed by atoms with Gasteiger partial charge < -0.3 is 15.3 Å². The second-order valence-electron chi connectivity index (χ2n) is 5.98. The topological polar surface area (TPSA) is 77.8 Å². The van der Waals surface area contributed by atoms with E-state index in [2.05, 4.69) is 13.0 Å². The van der Waals surface area contributed by atoms with Gasteiger partial charge in [-0.05, 0) is 50.7 Å². The Bertz CT molecular complexity index is 573. The molecule has 4 nitrogen and oxygen atoms in total. The van der Waals surface area contributed by atoms with Crippen LogP contribution in [0.5, 0.6) is 11.5 Å². The molecule has 4 heteroatoms. The molecule has 0 amide bonds. The van der Waals surface area contributed by atoms with Gasteiger partial charge in [-0.25, -0.2) is 4.79 Å². The monoisotopic (exact) mass is 320 g/mol. The van der Waals surface area contributed by atoms with Gasteiger partial charge in [0.05, 0.1) is 0 Å². The molecule has 0 heterocycles. The van der Waals surface area contributed by atoms with Crippen LogP contribution < -0.4 is 0 Å². The summed E-state index contributed by atoms with van der Waals surface area (Å²) in [6.07, 6.45) is 7.54. The highest BCUT2D eigenvalue weighted by Gasteiger charge is 2.21. The first-order valence-electron chi connectivity index (χ1n) is 8.37. The Kier molecular flexibility index (Phi) is 7.66. The quantitative estimate of drug-likeness (QED) is 0.450. The van der Waals surface area contributed by atoms with Gasteiger partial charge in [0.2, 0.25) is 0 Å². The summed E-state index contributed by atoms with van der Waals surface area (Å²) in [5, 5.41) is 30.0. The fourth-order valence-corrected chi connectivity index (χ4v) is 2.77. The van der Waals surface area contributed by atoms with Gasteiger partial charge in [-0.2, -0.15) is 0 Å². The van der Waals surface area contributed by atoms with Gasteiger partial charge >= 0.3 is 5.97 Å². The highest BCUT2D eigenvalue weighted by atomic mass is 16.4. The van der Waals surface area contributed by atoms with E-state index in [1.807, 2.05) is 13.8 Å². The van der Waals surface area contributed by atoms with Gasteiger partial charge in [0.1, 0.15) is 17.1 Å². The number of phenolic OH excluding ortho intramolecular Hbond substituents is 1. The molecule has 23 heavy (non-hydrogen) atoms. The second-order valence-corrected chi connectivity index (χ2v) is 5.98. The van der Waals surface area contributed by atoms with E-state index in [0.29, 0.717) is 30.4 Å². The van der Waals surface area contributed by atoms with Crippen LogP contribution in [0.25, 0.3) is 0 Å². The molecule has 0 aliphatic heterocycles. The van der Waals surface area contributed by atoms with Crippen LogP contribution in [-0.4, -0.2) is 21.3 Å². The van der Waals surface area contributed by atoms with Crippen LogP contribution in [0.4, 0.5) is 0 Å². The van der Waals surface area contributed by atoms with Gasteiger partial charge in [-0.1, -0.05) is 38.3 Å². The molecule has 0 atom stereocenters. The van der Waals surface area contributed by atoms with E-state index in [4.69, 9.17) is 0 Å². The van der Waals surface area contributed by atoms with E-state index in [1.54, 1.807) is 0 Å². The summed E-state index contributed by atoms with van der Waals surface area (Å²) in [6, 6.07) is 1.51. The van der Waals surface area contributed by atoms with Crippen LogP contribution in [-0.2, 0) is 12.8 Å². The normalized spacial score (nSPS) is 11.7. The zero-order chi connectivity index (χ0) is 17.4. The van der Waals surface area contributed by atoms with Crippen molar-refractivity contribution in [2.75, 3.05) is 0 Å². The van der Waals surface area contributed by atoms with E-state index in [-0.39, 0.29) is 17.1 Å². The number of aryl methyl sites for hydroxylation is 1. The van der Waals surface area contributed by atoms with E-state index < -0.39 is 5.97 Å². The number of hydrogen-bond acceptors (Lipinski definition) is 3. The Labute approximate surface area is 138 Å². The van der Waals surface area contributed by atoms with Gasteiger partial charge in [0, 0.05) is 5.56 Å². The third kappa shape index (κ3) is 5.31. The minimum Gasteiger partial charge on any atom is -0.508 e. The molecule has 0 aromatic heterocycles. The summed E-state index contributed by atoms with van der Waals surface area (Å²) < 4.78 is 0. The van der Waals surface area contributed by atoms with Crippen molar-refractivity contribution >= 4 is 5.97 Å². The maximum absolute atomic E-state index is 11.5. The van der Waals surface area contributed by atoms with Crippen molar-refractivity contribution in [1.82, 2.24) is 0 Å². The molecule has 0 bridgehead atoms. The average molecular weight is 320 g/mol. The number of unbranched alkanes of at least 4 members (excludes halogenated alkanes) is 2. The van der Waals surface area contributed by atoms with Crippen molar-refractivity contribution < 1.29 is 20.1 Å². The van der Waals surface area contributed by atoms with E-state index in [9.17, 15) is 20.1 Å². The third-order valence-electron chi connectivity index (χ3n) is 4.05.